The third-order valence-electron chi connectivity index (χ3n) is 22.4. The van der Waals surface area contributed by atoms with Gasteiger partial charge >= 0.3 is 0 Å². The topological polar surface area (TPSA) is 212 Å². The molecule has 2 N–H and O–H groups in total. The Morgan fingerprint density at radius 2 is 0.821 bits per heavy atom. The Morgan fingerprint density at radius 3 is 1.26 bits per heavy atom. The second-order valence-corrected chi connectivity index (χ2v) is 28.9. The fourth-order valence-corrected chi connectivity index (χ4v) is 17.1. The first-order valence-electron chi connectivity index (χ1n) is 36.4. The molecular weight excluding hydrogens is 1330 g/mol. The van der Waals surface area contributed by atoms with Gasteiger partial charge in [0.15, 0.2) is 23.0 Å². The molecule has 0 spiro atoms. The van der Waals surface area contributed by atoms with Gasteiger partial charge in [-0.1, -0.05) is 84.9 Å². The smallest absolute Gasteiger partial charge is 0.270 e. The number of nitro benzene ring substituents is 1. The van der Waals surface area contributed by atoms with Gasteiger partial charge < -0.3 is 34.5 Å². The van der Waals surface area contributed by atoms with Crippen molar-refractivity contribution in [2.24, 2.45) is 9.98 Å². The van der Waals surface area contributed by atoms with E-state index >= 15 is 0 Å². The number of non-ortho nitro benzene ring substituents is 1. The minimum absolute atomic E-state index is 0.00129. The first kappa shape index (κ1) is 67.0. The zero-order chi connectivity index (χ0) is 72.6. The van der Waals surface area contributed by atoms with Crippen LogP contribution in [-0.2, 0) is 77.4 Å². The molecule has 8 heterocycles. The molecule has 4 atom stereocenters. The molecule has 8 aliphatic heterocycles. The molecule has 10 aromatic rings. The fourth-order valence-electron chi connectivity index (χ4n) is 17.1. The summed E-state index contributed by atoms with van der Waals surface area (Å²) in [6.07, 6.45) is 12.9. The van der Waals surface area contributed by atoms with E-state index < -0.39 is 0 Å². The largest absolute Gasteiger partial charge is 0.493 e. The van der Waals surface area contributed by atoms with Crippen LogP contribution in [0.5, 0.6) is 23.0 Å². The number of nitrogens with zero attached hydrogens (tertiary/aromatic N) is 7. The number of carbonyl (C=O) groups excluding carboxylic acids is 4. The number of rotatable bonds is 15. The number of nitrogen functional groups attached to an aromatic ring is 1. The lowest BCUT2D eigenvalue weighted by Gasteiger charge is -2.23. The summed E-state index contributed by atoms with van der Waals surface area (Å²) in [5, 5.41) is 12.0. The van der Waals surface area contributed by atoms with Crippen molar-refractivity contribution < 1.29 is 43.0 Å². The van der Waals surface area contributed by atoms with Crippen molar-refractivity contribution in [3.63, 3.8) is 0 Å². The maximum absolute atomic E-state index is 13.9. The average Bonchev–Trinajstić information content (AvgIpc) is 1.46. The Labute approximate surface area is 614 Å². The second kappa shape index (κ2) is 27.5. The van der Waals surface area contributed by atoms with E-state index in [0.717, 1.165) is 142 Å². The molecule has 0 aromatic heterocycles. The number of amides is 4. The number of nitro groups is 1. The molecule has 0 bridgehead atoms. The van der Waals surface area contributed by atoms with E-state index in [1.54, 1.807) is 26.4 Å². The van der Waals surface area contributed by atoms with E-state index in [9.17, 15) is 29.3 Å². The Bertz CT molecular complexity index is 5390. The van der Waals surface area contributed by atoms with Crippen molar-refractivity contribution in [1.82, 2.24) is 0 Å². The monoisotopic (exact) mass is 1410 g/mol. The molecular formula is C88H78N8O10. The third-order valence-corrected chi connectivity index (χ3v) is 22.4. The van der Waals surface area contributed by atoms with Crippen LogP contribution in [0.3, 0.4) is 0 Å². The summed E-state index contributed by atoms with van der Waals surface area (Å²) in [6.45, 7) is 4.44. The highest BCUT2D eigenvalue weighted by Crippen LogP contribution is 2.45. The highest BCUT2D eigenvalue weighted by Gasteiger charge is 2.42. The molecule has 18 nitrogen and oxygen atoms in total. The number of para-hydroxylation sites is 4. The fraction of sp³-hybridized carbons (Fsp3) is 0.250. The second-order valence-electron chi connectivity index (χ2n) is 28.9. The minimum Gasteiger partial charge on any atom is -0.493 e. The van der Waals surface area contributed by atoms with E-state index in [4.69, 9.17) is 34.7 Å². The van der Waals surface area contributed by atoms with Crippen LogP contribution >= 0.6 is 0 Å². The first-order chi connectivity index (χ1) is 51.6. The molecule has 0 fully saturated rings. The Balaban J connectivity index is 0.000000156. The van der Waals surface area contributed by atoms with Crippen LogP contribution in [-0.4, -0.2) is 79.4 Å². The van der Waals surface area contributed by atoms with E-state index in [2.05, 4.69) is 43.3 Å². The van der Waals surface area contributed by atoms with Crippen LogP contribution in [0.1, 0.15) is 132 Å². The molecule has 106 heavy (non-hydrogen) atoms. The van der Waals surface area contributed by atoms with Gasteiger partial charge in [-0.15, -0.1) is 0 Å². The van der Waals surface area contributed by atoms with Crippen molar-refractivity contribution >= 4 is 81.6 Å². The van der Waals surface area contributed by atoms with Gasteiger partial charge in [0, 0.05) is 89.1 Å². The molecule has 0 saturated carbocycles. The normalized spacial score (nSPS) is 18.0. The summed E-state index contributed by atoms with van der Waals surface area (Å²) in [5.41, 5.74) is 29.1. The summed E-state index contributed by atoms with van der Waals surface area (Å²) in [7, 11) is 3.15. The maximum atomic E-state index is 13.9. The summed E-state index contributed by atoms with van der Waals surface area (Å²) in [5.74, 6) is 1.98. The number of anilines is 5. The Morgan fingerprint density at radius 1 is 0.434 bits per heavy atom. The number of carbonyl (C=O) groups is 4. The van der Waals surface area contributed by atoms with E-state index in [1.807, 2.05) is 166 Å². The summed E-state index contributed by atoms with van der Waals surface area (Å²) >= 11 is 0. The predicted octanol–water partition coefficient (Wildman–Crippen LogP) is 15.8. The van der Waals surface area contributed by atoms with Gasteiger partial charge in [0.25, 0.3) is 29.3 Å². The highest BCUT2D eigenvalue weighted by molar-refractivity contribution is 6.16. The first-order valence-corrected chi connectivity index (χ1v) is 36.4. The lowest BCUT2D eigenvalue weighted by molar-refractivity contribution is -0.385. The Kier molecular flexibility index (Phi) is 17.4. The van der Waals surface area contributed by atoms with Crippen molar-refractivity contribution in [2.45, 2.75) is 128 Å². The van der Waals surface area contributed by atoms with Crippen molar-refractivity contribution in [2.75, 3.05) is 39.6 Å². The van der Waals surface area contributed by atoms with Gasteiger partial charge in [0.2, 0.25) is 0 Å². The molecule has 0 aliphatic carbocycles. The van der Waals surface area contributed by atoms with Crippen molar-refractivity contribution in [3.05, 3.63) is 292 Å². The number of aryl methyl sites for hydroxylation is 8. The molecule has 8 aliphatic rings. The van der Waals surface area contributed by atoms with E-state index in [1.165, 1.54) is 22.8 Å². The van der Waals surface area contributed by atoms with Gasteiger partial charge in [-0.2, -0.15) is 0 Å². The van der Waals surface area contributed by atoms with E-state index in [0.29, 0.717) is 88.1 Å². The standard InChI is InChI=1S/C44H38N4O6.C44H40N4O4/c1-26-15-37-38(45-24-35-20-32-8-4-6-10-40(32)47(35)44(37)50)21-29(26)12-11-27-16-28(18-34(17-27)48(51)52)25-54-42-22-30-13-14-33-19-31-7-3-5-9-39(31)46(33)43(49)36(30)23-41(42)53-2;1-26-15-37-38(46-24-35-20-32-8-4-6-10-40(32)48(35)44(37)50)21-29(26)12-11-27-16-28(18-33(45)17-27)25-52-42-22-30-13-14-34-19-31-7-3-5-9-39(31)47(34)43(49)36(30)23-41(42)51-2/h3-10,15-18,21-24,33,35H,11-14,19-20,25H2,1-2H3;3-10,15-18,21-24,34-35H,11-14,19-20,25,45H2,1-2H3/t33-,35+;34-,35+/m11/s1. The van der Waals surface area contributed by atoms with Crippen molar-refractivity contribution in [3.8, 4) is 23.0 Å². The quantitative estimate of drug-likeness (QED) is 0.0579. The van der Waals surface area contributed by atoms with Gasteiger partial charge in [-0.25, -0.2) is 0 Å². The maximum Gasteiger partial charge on any atom is 0.270 e. The Hall–Kier alpha value is -12.2. The number of benzene rings is 10. The number of hydrogen-bond acceptors (Lipinski definition) is 13. The van der Waals surface area contributed by atoms with Crippen LogP contribution in [0.15, 0.2) is 192 Å². The molecule has 10 aromatic carbocycles. The van der Waals surface area contributed by atoms with Crippen molar-refractivity contribution in [1.29, 1.82) is 0 Å². The number of ether oxygens (including phenoxy) is 4. The molecule has 0 unspecified atom stereocenters. The van der Waals surface area contributed by atoms with Crippen LogP contribution in [0.4, 0.5) is 45.5 Å². The minimum atomic E-state index is -0.385. The lowest BCUT2D eigenvalue weighted by Crippen LogP contribution is -2.37. The molecule has 0 saturated heterocycles. The predicted molar refractivity (Wildman–Crippen MR) is 412 cm³/mol. The summed E-state index contributed by atoms with van der Waals surface area (Å²) in [6, 6.07) is 59.0. The summed E-state index contributed by atoms with van der Waals surface area (Å²) < 4.78 is 24.1. The van der Waals surface area contributed by atoms with E-state index in [-0.39, 0.29) is 65.0 Å². The number of fused-ring (bicyclic) bond motifs is 16. The van der Waals surface area contributed by atoms with Crippen LogP contribution in [0.25, 0.3) is 0 Å². The van der Waals surface area contributed by atoms with Gasteiger partial charge in [-0.05, 0) is 241 Å². The third kappa shape index (κ3) is 12.3. The average molecular weight is 1410 g/mol. The number of hydrogen-bond donors (Lipinski definition) is 1. The van der Waals surface area contributed by atoms with Gasteiger partial charge in [0.05, 0.1) is 53.7 Å². The molecule has 18 heteroatoms. The van der Waals surface area contributed by atoms with Gasteiger partial charge in [-0.3, -0.25) is 49.1 Å². The SMILES string of the molecule is COc1cc2c(cc1OCc1cc(CCc3cc4c(cc3C)C(=O)N3c5ccccc5C[C@H]3C=N4)cc([N+](=O)[O-])c1)CC[C@@H]1Cc3ccccc3N1C2=O.COc1cc2c(cc1OCc1cc(N)cc(CCc3cc4c(cc3C)C(=O)N3c5ccccc5C[C@H]3C=N4)c1)CC[C@@H]1Cc3ccccc3N1C2=O. The highest BCUT2D eigenvalue weighted by atomic mass is 16.6. The number of nitrogens with two attached hydrogens (primary N) is 1. The van der Waals surface area contributed by atoms with Crippen LogP contribution in [0, 0.1) is 24.0 Å². The molecule has 4 amide bonds. The van der Waals surface area contributed by atoms with Crippen LogP contribution < -0.4 is 44.3 Å². The number of aliphatic imine (C=N–C) groups is 2. The zero-order valence-corrected chi connectivity index (χ0v) is 59.5. The molecule has 18 rings (SSSR count). The van der Waals surface area contributed by atoms with Crippen LogP contribution in [0.2, 0.25) is 0 Å². The van der Waals surface area contributed by atoms with Gasteiger partial charge in [0.1, 0.15) is 13.2 Å². The zero-order valence-electron chi connectivity index (χ0n) is 59.5. The summed E-state index contributed by atoms with van der Waals surface area (Å²) in [4.78, 5) is 84.2. The lowest BCUT2D eigenvalue weighted by atomic mass is 9.96. The molecule has 530 valence electrons. The molecule has 0 radical (unpaired) electrons. The number of methoxy groups -OCH3 is 2.